The van der Waals surface area contributed by atoms with Crippen LogP contribution in [-0.4, -0.2) is 34.2 Å². The minimum atomic E-state index is -1.19. The molecule has 3 N–H and O–H groups in total. The van der Waals surface area contributed by atoms with Gasteiger partial charge in [-0.2, -0.15) is 0 Å². The topological polar surface area (TPSA) is 99.1 Å². The van der Waals surface area contributed by atoms with Crippen molar-refractivity contribution in [1.82, 2.24) is 10.4 Å². The number of methoxy groups -OCH3 is 1. The summed E-state index contributed by atoms with van der Waals surface area (Å²) in [5.41, 5.74) is 5.01. The molecule has 3 aromatic rings. The first-order chi connectivity index (χ1) is 15.0. The summed E-state index contributed by atoms with van der Waals surface area (Å²) in [5.74, 6) is -0.981. The molecule has 0 aromatic heterocycles. The molecule has 4 rings (SSSR count). The van der Waals surface area contributed by atoms with Crippen molar-refractivity contribution in [3.05, 3.63) is 101 Å². The van der Waals surface area contributed by atoms with Gasteiger partial charge in [0, 0.05) is 5.56 Å². The lowest BCUT2D eigenvalue weighted by Gasteiger charge is -2.26. The fraction of sp³-hybridized carbons (Fsp3) is 0.0833. The summed E-state index contributed by atoms with van der Waals surface area (Å²) in [4.78, 5) is 25.0. The van der Waals surface area contributed by atoms with Crippen LogP contribution in [0.4, 0.5) is 0 Å². The third kappa shape index (κ3) is 3.81. The van der Waals surface area contributed by atoms with Gasteiger partial charge < -0.3 is 14.9 Å². The average Bonchev–Trinajstić information content (AvgIpc) is 3.24. The zero-order chi connectivity index (χ0) is 22.0. The van der Waals surface area contributed by atoms with Crippen LogP contribution < -0.4 is 10.2 Å². The molecular weight excluding hydrogens is 396 g/mol. The number of hydrazine groups is 1. The number of amides is 1. The second-order valence-electron chi connectivity index (χ2n) is 6.95. The molecule has 3 aromatic carbocycles. The maximum atomic E-state index is 13.4. The quantitative estimate of drug-likeness (QED) is 0.585. The molecule has 0 aliphatic carbocycles. The molecule has 1 aliphatic rings. The zero-order valence-corrected chi connectivity index (χ0v) is 16.6. The van der Waals surface area contributed by atoms with Crippen molar-refractivity contribution in [2.75, 3.05) is 7.11 Å². The van der Waals surface area contributed by atoms with Gasteiger partial charge >= 0.3 is 5.97 Å². The number of ether oxygens (including phenoxy) is 1. The second-order valence-corrected chi connectivity index (χ2v) is 6.95. The van der Waals surface area contributed by atoms with Crippen LogP contribution in [0.15, 0.2) is 78.9 Å². The number of phenolic OH excluding ortho intramolecular Hbond substituents is 1. The van der Waals surface area contributed by atoms with Gasteiger partial charge in [0.25, 0.3) is 5.91 Å². The molecule has 31 heavy (non-hydrogen) atoms. The average molecular weight is 416 g/mol. The van der Waals surface area contributed by atoms with Crippen LogP contribution in [0.3, 0.4) is 0 Å². The van der Waals surface area contributed by atoms with Crippen molar-refractivity contribution < 1.29 is 24.5 Å². The number of rotatable bonds is 5. The number of carbonyl (C=O) groups is 2. The lowest BCUT2D eigenvalue weighted by atomic mass is 10.0. The Morgan fingerprint density at radius 1 is 0.935 bits per heavy atom. The third-order valence-corrected chi connectivity index (χ3v) is 5.11. The van der Waals surface area contributed by atoms with E-state index >= 15 is 0 Å². The number of carboxylic acids is 1. The molecule has 1 amide bonds. The second kappa shape index (κ2) is 8.23. The number of aromatic carboxylic acids is 1. The lowest BCUT2D eigenvalue weighted by molar-refractivity contribution is 0.0639. The van der Waals surface area contributed by atoms with Crippen molar-refractivity contribution in [2.45, 2.75) is 6.04 Å². The van der Waals surface area contributed by atoms with Gasteiger partial charge in [0.15, 0.2) is 0 Å². The minimum Gasteiger partial charge on any atom is -0.508 e. The van der Waals surface area contributed by atoms with E-state index in [1.54, 1.807) is 55.6 Å². The van der Waals surface area contributed by atoms with Gasteiger partial charge in [-0.15, -0.1) is 0 Å². The lowest BCUT2D eigenvalue weighted by Crippen LogP contribution is -2.40. The number of carboxylic acid groups (broad SMARTS) is 1. The SMILES string of the molecule is COc1ccc(C2=C[C@H](c3ccccc3O)N(C(=O)c3ccccc3C(=O)O)N2)cc1. The summed E-state index contributed by atoms with van der Waals surface area (Å²) in [6.45, 7) is 0. The number of benzene rings is 3. The molecule has 1 atom stereocenters. The normalized spacial score (nSPS) is 15.2. The van der Waals surface area contributed by atoms with Crippen LogP contribution in [0.2, 0.25) is 0 Å². The van der Waals surface area contributed by atoms with E-state index in [1.807, 2.05) is 18.2 Å². The Kier molecular flexibility index (Phi) is 5.32. The zero-order valence-electron chi connectivity index (χ0n) is 16.6. The first-order valence-corrected chi connectivity index (χ1v) is 9.56. The van der Waals surface area contributed by atoms with E-state index in [4.69, 9.17) is 4.74 Å². The van der Waals surface area contributed by atoms with Crippen molar-refractivity contribution in [1.29, 1.82) is 0 Å². The Balaban J connectivity index is 1.77. The highest BCUT2D eigenvalue weighted by Gasteiger charge is 2.34. The first kappa shape index (κ1) is 20.0. The first-order valence-electron chi connectivity index (χ1n) is 9.56. The minimum absolute atomic E-state index is 0.0332. The summed E-state index contributed by atoms with van der Waals surface area (Å²) in [6.07, 6.45) is 1.82. The smallest absolute Gasteiger partial charge is 0.336 e. The van der Waals surface area contributed by atoms with Gasteiger partial charge in [0.1, 0.15) is 17.5 Å². The Hall–Kier alpha value is -4.26. The largest absolute Gasteiger partial charge is 0.508 e. The predicted molar refractivity (Wildman–Crippen MR) is 115 cm³/mol. The van der Waals surface area contributed by atoms with E-state index < -0.39 is 17.9 Å². The Morgan fingerprint density at radius 3 is 2.23 bits per heavy atom. The molecule has 7 nitrogen and oxygen atoms in total. The van der Waals surface area contributed by atoms with Gasteiger partial charge in [-0.3, -0.25) is 10.2 Å². The highest BCUT2D eigenvalue weighted by molar-refractivity contribution is 6.05. The van der Waals surface area contributed by atoms with Crippen molar-refractivity contribution >= 4 is 17.6 Å². The number of aromatic hydroxyl groups is 1. The van der Waals surface area contributed by atoms with Crippen LogP contribution in [-0.2, 0) is 0 Å². The molecular formula is C24H20N2O5. The number of nitrogens with one attached hydrogen (secondary N) is 1. The van der Waals surface area contributed by atoms with Crippen LogP contribution in [0.25, 0.3) is 5.70 Å². The molecule has 7 heteroatoms. The Morgan fingerprint density at radius 2 is 1.58 bits per heavy atom. The van der Waals surface area contributed by atoms with E-state index in [0.717, 1.165) is 5.56 Å². The van der Waals surface area contributed by atoms with Gasteiger partial charge in [0.2, 0.25) is 0 Å². The summed E-state index contributed by atoms with van der Waals surface area (Å²) in [7, 11) is 1.58. The number of hydrogen-bond acceptors (Lipinski definition) is 5. The summed E-state index contributed by atoms with van der Waals surface area (Å²) < 4.78 is 5.20. The number of para-hydroxylation sites is 1. The number of phenols is 1. The molecule has 0 saturated carbocycles. The summed E-state index contributed by atoms with van der Waals surface area (Å²) >= 11 is 0. The van der Waals surface area contributed by atoms with E-state index in [9.17, 15) is 19.8 Å². The molecule has 0 radical (unpaired) electrons. The van der Waals surface area contributed by atoms with Crippen molar-refractivity contribution in [2.24, 2.45) is 0 Å². The van der Waals surface area contributed by atoms with Crippen molar-refractivity contribution in [3.8, 4) is 11.5 Å². The van der Waals surface area contributed by atoms with E-state index in [2.05, 4.69) is 5.43 Å². The van der Waals surface area contributed by atoms with Crippen molar-refractivity contribution in [3.63, 3.8) is 0 Å². The molecule has 0 fully saturated rings. The molecule has 0 saturated heterocycles. The van der Waals surface area contributed by atoms with Crippen LogP contribution in [0.5, 0.6) is 11.5 Å². The fourth-order valence-corrected chi connectivity index (χ4v) is 3.53. The molecule has 156 valence electrons. The van der Waals surface area contributed by atoms with Gasteiger partial charge in [-0.1, -0.05) is 30.3 Å². The maximum Gasteiger partial charge on any atom is 0.336 e. The van der Waals surface area contributed by atoms with Crippen LogP contribution in [0, 0.1) is 0 Å². The molecule has 0 bridgehead atoms. The maximum absolute atomic E-state index is 13.4. The van der Waals surface area contributed by atoms with E-state index in [1.165, 1.54) is 17.1 Å². The summed E-state index contributed by atoms with van der Waals surface area (Å²) in [6, 6.07) is 19.4. The number of carbonyl (C=O) groups excluding carboxylic acids is 1. The molecule has 1 heterocycles. The van der Waals surface area contributed by atoms with E-state index in [0.29, 0.717) is 17.0 Å². The monoisotopic (exact) mass is 416 g/mol. The third-order valence-electron chi connectivity index (χ3n) is 5.11. The molecule has 1 aliphatic heterocycles. The number of hydrogen-bond donors (Lipinski definition) is 3. The number of nitrogens with zero attached hydrogens (tertiary/aromatic N) is 1. The van der Waals surface area contributed by atoms with Crippen LogP contribution in [0.1, 0.15) is 37.9 Å². The van der Waals surface area contributed by atoms with Gasteiger partial charge in [0.05, 0.1) is 23.9 Å². The standard InChI is InChI=1S/C24H20N2O5/c1-31-16-12-10-15(11-13-16)20-14-21(19-8-4-5-9-22(19)27)26(25-20)23(28)17-6-2-3-7-18(17)24(29)30/h2-14,21,25,27H,1H3,(H,29,30)/t21-/m1/s1. The summed E-state index contributed by atoms with van der Waals surface area (Å²) in [5, 5.41) is 21.2. The van der Waals surface area contributed by atoms with Gasteiger partial charge in [-0.25, -0.2) is 9.80 Å². The Labute approximate surface area is 178 Å². The van der Waals surface area contributed by atoms with Gasteiger partial charge in [-0.05, 0) is 54.1 Å². The predicted octanol–water partition coefficient (Wildman–Crippen LogP) is 3.84. The van der Waals surface area contributed by atoms with Crippen LogP contribution >= 0.6 is 0 Å². The van der Waals surface area contributed by atoms with E-state index in [-0.39, 0.29) is 16.9 Å². The molecule has 0 spiro atoms. The highest BCUT2D eigenvalue weighted by Crippen LogP contribution is 2.36. The highest BCUT2D eigenvalue weighted by atomic mass is 16.5. The molecule has 0 unspecified atom stereocenters. The fourth-order valence-electron chi connectivity index (χ4n) is 3.53. The Bertz CT molecular complexity index is 1170.